The monoisotopic (exact) mass is 895 g/mol. The molecule has 1 aliphatic rings. The molecule has 1 saturated heterocycles. The summed E-state index contributed by atoms with van der Waals surface area (Å²) in [6, 6.07) is 54.7. The standard InChI is InChI=1S/C53H57N3O10/c1-58-44-27-29-45(30-28-44)60-38-48(50(62-34-41-21-11-4-12-22-41)46(31-57)61-33-40-19-9-3-10-20-40)66-53-49(55-56-54)52(64-36-43-25-15-6-16-26-43)51(63-35-42-23-13-5-14-24-42)47(65-53)37-59-32-39-17-7-2-8-18-39/h2-30,46-53,57H,31-38H2,1H3/t46-,47+,48+,49+,50-,51+,52+,53+/m0/s1. The van der Waals surface area contributed by atoms with Gasteiger partial charge in [-0.05, 0) is 57.6 Å². The molecular formula is C53H57N3O10. The predicted octanol–water partition coefficient (Wildman–Crippen LogP) is 9.41. The molecule has 0 aliphatic carbocycles. The van der Waals surface area contributed by atoms with E-state index in [4.69, 9.17) is 42.6 Å². The maximum atomic E-state index is 11.1. The molecule has 0 radical (unpaired) electrons. The van der Waals surface area contributed by atoms with Gasteiger partial charge < -0.3 is 47.7 Å². The van der Waals surface area contributed by atoms with Gasteiger partial charge in [0.2, 0.25) is 0 Å². The SMILES string of the molecule is COc1ccc(OC[C@@H](O[C@H]2O[C@H](COCc3ccccc3)[C@@H](OCc3ccccc3)[C@H](OCc3ccccc3)[C@H]2N=[N+]=[N-])[C@@H](OCc2ccccc2)[C@H](CO)OCc2ccccc2)cc1. The number of benzene rings is 6. The molecule has 0 saturated carbocycles. The highest BCUT2D eigenvalue weighted by molar-refractivity contribution is 5.31. The summed E-state index contributed by atoms with van der Waals surface area (Å²) in [6.45, 7) is 0.576. The van der Waals surface area contributed by atoms with Crippen molar-refractivity contribution in [1.29, 1.82) is 0 Å². The molecule has 0 unspecified atom stereocenters. The van der Waals surface area contributed by atoms with Crippen molar-refractivity contribution < 1.29 is 47.7 Å². The van der Waals surface area contributed by atoms with Gasteiger partial charge in [0.1, 0.15) is 60.8 Å². The number of ether oxygens (including phenoxy) is 9. The minimum absolute atomic E-state index is 0.0722. The van der Waals surface area contributed by atoms with Crippen LogP contribution in [0.15, 0.2) is 181 Å². The molecule has 1 fully saturated rings. The van der Waals surface area contributed by atoms with Crippen molar-refractivity contribution >= 4 is 0 Å². The number of aliphatic hydroxyl groups excluding tert-OH is 1. The van der Waals surface area contributed by atoms with Gasteiger partial charge in [-0.1, -0.05) is 157 Å². The fourth-order valence-electron chi connectivity index (χ4n) is 7.60. The van der Waals surface area contributed by atoms with Crippen LogP contribution in [0.5, 0.6) is 11.5 Å². The van der Waals surface area contributed by atoms with E-state index in [1.165, 1.54) is 0 Å². The van der Waals surface area contributed by atoms with E-state index in [1.807, 2.05) is 152 Å². The molecule has 13 heteroatoms. The van der Waals surface area contributed by atoms with Gasteiger partial charge in [0.15, 0.2) is 6.29 Å². The van der Waals surface area contributed by atoms with Gasteiger partial charge >= 0.3 is 0 Å². The predicted molar refractivity (Wildman–Crippen MR) is 248 cm³/mol. The third-order valence-electron chi connectivity index (χ3n) is 11.1. The highest BCUT2D eigenvalue weighted by Gasteiger charge is 2.50. The Morgan fingerprint density at radius 2 is 1.05 bits per heavy atom. The van der Waals surface area contributed by atoms with E-state index in [0.717, 1.165) is 27.8 Å². The smallest absolute Gasteiger partial charge is 0.169 e. The van der Waals surface area contributed by atoms with Gasteiger partial charge in [0, 0.05) is 4.91 Å². The molecule has 1 N–H and O–H groups in total. The zero-order valence-corrected chi connectivity index (χ0v) is 37.0. The highest BCUT2D eigenvalue weighted by atomic mass is 16.7. The van der Waals surface area contributed by atoms with E-state index in [0.29, 0.717) is 18.1 Å². The van der Waals surface area contributed by atoms with Crippen LogP contribution in [0.2, 0.25) is 0 Å². The Morgan fingerprint density at radius 3 is 1.55 bits per heavy atom. The second-order valence-electron chi connectivity index (χ2n) is 15.7. The summed E-state index contributed by atoms with van der Waals surface area (Å²) < 4.78 is 58.8. The summed E-state index contributed by atoms with van der Waals surface area (Å²) >= 11 is 0. The molecule has 7 rings (SSSR count). The topological polar surface area (TPSA) is 152 Å². The normalized spacial score (nSPS) is 19.5. The Morgan fingerprint density at radius 1 is 0.576 bits per heavy atom. The first-order chi connectivity index (χ1) is 32.6. The second kappa shape index (κ2) is 26.2. The van der Waals surface area contributed by atoms with E-state index in [-0.39, 0.29) is 39.6 Å². The molecule has 0 spiro atoms. The van der Waals surface area contributed by atoms with Gasteiger partial charge in [-0.2, -0.15) is 0 Å². The third-order valence-corrected chi connectivity index (χ3v) is 11.1. The summed E-state index contributed by atoms with van der Waals surface area (Å²) in [7, 11) is 1.59. The molecule has 0 aromatic heterocycles. The van der Waals surface area contributed by atoms with Gasteiger partial charge in [-0.15, -0.1) is 0 Å². The Bertz CT molecular complexity index is 2290. The van der Waals surface area contributed by atoms with E-state index in [2.05, 4.69) is 10.0 Å². The van der Waals surface area contributed by atoms with Crippen LogP contribution in [-0.2, 0) is 66.2 Å². The summed E-state index contributed by atoms with van der Waals surface area (Å²) in [5, 5.41) is 15.4. The van der Waals surface area contributed by atoms with Crippen molar-refractivity contribution in [2.75, 3.05) is 26.9 Å². The van der Waals surface area contributed by atoms with Crippen molar-refractivity contribution in [1.82, 2.24) is 0 Å². The van der Waals surface area contributed by atoms with Gasteiger partial charge in [0.25, 0.3) is 0 Å². The van der Waals surface area contributed by atoms with E-state index in [1.54, 1.807) is 31.4 Å². The maximum Gasteiger partial charge on any atom is 0.169 e. The first kappa shape index (κ1) is 47.9. The van der Waals surface area contributed by atoms with Crippen LogP contribution < -0.4 is 9.47 Å². The van der Waals surface area contributed by atoms with Gasteiger partial charge in [-0.25, -0.2) is 0 Å². The highest BCUT2D eigenvalue weighted by Crippen LogP contribution is 2.33. The number of aliphatic hydroxyl groups is 1. The first-order valence-corrected chi connectivity index (χ1v) is 22.1. The Labute approximate surface area is 386 Å². The molecule has 13 nitrogen and oxygen atoms in total. The third kappa shape index (κ3) is 14.5. The van der Waals surface area contributed by atoms with E-state index < -0.39 is 55.6 Å². The summed E-state index contributed by atoms with van der Waals surface area (Å²) in [5.41, 5.74) is 14.8. The second-order valence-corrected chi connectivity index (χ2v) is 15.7. The van der Waals surface area contributed by atoms with Crippen molar-refractivity contribution in [3.8, 4) is 11.5 Å². The lowest BCUT2D eigenvalue weighted by Crippen LogP contribution is -2.62. The Balaban J connectivity index is 1.25. The number of azide groups is 1. The van der Waals surface area contributed by atoms with Crippen LogP contribution in [0.25, 0.3) is 10.4 Å². The molecular weight excluding hydrogens is 839 g/mol. The number of hydrogen-bond donors (Lipinski definition) is 1. The molecule has 6 aromatic rings. The van der Waals surface area contributed by atoms with Crippen LogP contribution >= 0.6 is 0 Å². The molecule has 0 bridgehead atoms. The minimum atomic E-state index is -1.26. The fourth-order valence-corrected chi connectivity index (χ4v) is 7.60. The minimum Gasteiger partial charge on any atom is -0.497 e. The van der Waals surface area contributed by atoms with Gasteiger partial charge in [0.05, 0.1) is 53.4 Å². The van der Waals surface area contributed by atoms with Crippen molar-refractivity contribution in [3.05, 3.63) is 214 Å². The molecule has 0 amide bonds. The molecule has 66 heavy (non-hydrogen) atoms. The van der Waals surface area contributed by atoms with Crippen LogP contribution in [0.1, 0.15) is 27.8 Å². The summed E-state index contributed by atoms with van der Waals surface area (Å²) in [6.07, 6.45) is -6.63. The molecule has 1 heterocycles. The molecule has 6 aromatic carbocycles. The zero-order chi connectivity index (χ0) is 45.6. The number of rotatable bonds is 26. The number of nitrogens with zero attached hydrogens (tertiary/aromatic N) is 3. The molecule has 8 atom stereocenters. The quantitative estimate of drug-likeness (QED) is 0.0317. The summed E-state index contributed by atoms with van der Waals surface area (Å²) in [5.74, 6) is 1.19. The number of hydrogen-bond acceptors (Lipinski definition) is 11. The van der Waals surface area contributed by atoms with Crippen LogP contribution in [-0.4, -0.2) is 81.0 Å². The first-order valence-electron chi connectivity index (χ1n) is 22.1. The maximum absolute atomic E-state index is 11.1. The van der Waals surface area contributed by atoms with Crippen LogP contribution in [0.4, 0.5) is 0 Å². The molecule has 344 valence electrons. The van der Waals surface area contributed by atoms with Crippen LogP contribution in [0, 0.1) is 0 Å². The molecule has 1 aliphatic heterocycles. The Kier molecular flexibility index (Phi) is 19.0. The van der Waals surface area contributed by atoms with Gasteiger partial charge in [-0.3, -0.25) is 0 Å². The lowest BCUT2D eigenvalue weighted by atomic mass is 9.96. The lowest BCUT2D eigenvalue weighted by molar-refractivity contribution is -0.309. The summed E-state index contributed by atoms with van der Waals surface area (Å²) in [4.78, 5) is 3.31. The van der Waals surface area contributed by atoms with Crippen LogP contribution in [0.3, 0.4) is 0 Å². The van der Waals surface area contributed by atoms with E-state index in [9.17, 15) is 10.6 Å². The van der Waals surface area contributed by atoms with Crippen molar-refractivity contribution in [2.45, 2.75) is 82.0 Å². The fraction of sp³-hybridized carbons (Fsp3) is 0.321. The van der Waals surface area contributed by atoms with E-state index >= 15 is 0 Å². The van der Waals surface area contributed by atoms with Crippen molar-refractivity contribution in [3.63, 3.8) is 0 Å². The Hall–Kier alpha value is -6.09. The lowest BCUT2D eigenvalue weighted by Gasteiger charge is -2.46. The average molecular weight is 896 g/mol. The average Bonchev–Trinajstić information content (AvgIpc) is 3.37. The number of methoxy groups -OCH3 is 1. The van der Waals surface area contributed by atoms with Crippen molar-refractivity contribution in [2.24, 2.45) is 5.11 Å². The largest absolute Gasteiger partial charge is 0.497 e. The zero-order valence-electron chi connectivity index (χ0n) is 37.0.